The molecule has 2 aromatic carbocycles. The second-order valence-corrected chi connectivity index (χ2v) is 6.86. The van der Waals surface area contributed by atoms with Crippen molar-refractivity contribution in [2.24, 2.45) is 0 Å². The van der Waals surface area contributed by atoms with E-state index in [1.165, 1.54) is 0 Å². The molecule has 1 amide bonds. The normalized spacial score (nSPS) is 15.3. The van der Waals surface area contributed by atoms with Crippen LogP contribution in [0.3, 0.4) is 0 Å². The summed E-state index contributed by atoms with van der Waals surface area (Å²) in [5, 5.41) is 1.05. The number of rotatable bonds is 3. The number of carbonyl (C=O) groups excluding carboxylic acids is 1. The third-order valence-electron chi connectivity index (χ3n) is 4.23. The maximum atomic E-state index is 13.2. The zero-order chi connectivity index (χ0) is 18.8. The van der Waals surface area contributed by atoms with Gasteiger partial charge < -0.3 is 0 Å². The average molecular weight is 393 g/mol. The van der Waals surface area contributed by atoms with Gasteiger partial charge in [-0.15, -0.1) is 0 Å². The maximum Gasteiger partial charge on any atom is 0.263 e. The fourth-order valence-electron chi connectivity index (χ4n) is 2.97. The van der Waals surface area contributed by atoms with Gasteiger partial charge in [-0.2, -0.15) is 0 Å². The second kappa shape index (κ2) is 7.39. The number of benzene rings is 2. The molecule has 132 valence electrons. The predicted octanol–water partition coefficient (Wildman–Crippen LogP) is 5.86. The van der Waals surface area contributed by atoms with E-state index in [0.29, 0.717) is 21.3 Å². The topological polar surface area (TPSA) is 33.2 Å². The highest BCUT2D eigenvalue weighted by Crippen LogP contribution is 2.35. The van der Waals surface area contributed by atoms with E-state index in [9.17, 15) is 4.79 Å². The van der Waals surface area contributed by atoms with E-state index in [0.717, 1.165) is 16.8 Å². The molecule has 0 radical (unpaired) electrons. The van der Waals surface area contributed by atoms with Gasteiger partial charge in [-0.1, -0.05) is 59.6 Å². The third-order valence-corrected chi connectivity index (χ3v) is 4.79. The zero-order valence-corrected chi connectivity index (χ0v) is 15.7. The van der Waals surface area contributed by atoms with Gasteiger partial charge in [-0.3, -0.25) is 14.7 Å². The number of carbonyl (C=O) groups is 1. The largest absolute Gasteiger partial charge is 0.275 e. The Morgan fingerprint density at radius 3 is 2.48 bits per heavy atom. The van der Waals surface area contributed by atoms with Gasteiger partial charge in [0.15, 0.2) is 0 Å². The van der Waals surface area contributed by atoms with E-state index in [-0.39, 0.29) is 5.91 Å². The van der Waals surface area contributed by atoms with Crippen molar-refractivity contribution in [1.29, 1.82) is 0 Å². The van der Waals surface area contributed by atoms with Crippen molar-refractivity contribution in [3.05, 3.63) is 106 Å². The number of hydrogen-bond donors (Lipinski definition) is 0. The highest BCUT2D eigenvalue weighted by Gasteiger charge is 2.30. The van der Waals surface area contributed by atoms with Gasteiger partial charge >= 0.3 is 0 Å². The number of anilines is 1. The summed E-state index contributed by atoms with van der Waals surface area (Å²) in [6.45, 7) is 0. The van der Waals surface area contributed by atoms with Crippen LogP contribution >= 0.6 is 23.2 Å². The molecule has 2 heterocycles. The molecule has 1 aromatic heterocycles. The highest BCUT2D eigenvalue weighted by atomic mass is 35.5. The van der Waals surface area contributed by atoms with Crippen LogP contribution in [-0.4, -0.2) is 10.9 Å². The van der Waals surface area contributed by atoms with Crippen LogP contribution in [0.4, 0.5) is 5.69 Å². The van der Waals surface area contributed by atoms with E-state index >= 15 is 0 Å². The van der Waals surface area contributed by atoms with Crippen LogP contribution in [0.1, 0.15) is 11.1 Å². The number of hydrogen-bond acceptors (Lipinski definition) is 2. The van der Waals surface area contributed by atoms with Crippen molar-refractivity contribution in [3.63, 3.8) is 0 Å². The Hall–Kier alpha value is -2.88. The summed E-state index contributed by atoms with van der Waals surface area (Å²) in [4.78, 5) is 19.0. The van der Waals surface area contributed by atoms with Crippen LogP contribution in [-0.2, 0) is 4.79 Å². The number of halogens is 2. The first-order valence-corrected chi connectivity index (χ1v) is 9.07. The molecule has 1 aliphatic heterocycles. The minimum absolute atomic E-state index is 0.132. The molecule has 3 aromatic rings. The van der Waals surface area contributed by atoms with Crippen molar-refractivity contribution in [2.75, 3.05) is 4.90 Å². The number of pyridine rings is 1. The average Bonchev–Trinajstić information content (AvgIpc) is 3.02. The van der Waals surface area contributed by atoms with Gasteiger partial charge in [0.1, 0.15) is 0 Å². The summed E-state index contributed by atoms with van der Waals surface area (Å²) in [6, 6.07) is 18.7. The summed E-state index contributed by atoms with van der Waals surface area (Å²) < 4.78 is 0. The van der Waals surface area contributed by atoms with Crippen LogP contribution in [0, 0.1) is 0 Å². The minimum atomic E-state index is -0.132. The Morgan fingerprint density at radius 1 is 0.963 bits per heavy atom. The molecule has 0 spiro atoms. The molecule has 27 heavy (non-hydrogen) atoms. The summed E-state index contributed by atoms with van der Waals surface area (Å²) in [5.41, 5.74) is 3.73. The quantitative estimate of drug-likeness (QED) is 0.522. The highest BCUT2D eigenvalue weighted by molar-refractivity contribution is 6.35. The van der Waals surface area contributed by atoms with E-state index in [4.69, 9.17) is 23.2 Å². The van der Waals surface area contributed by atoms with Crippen molar-refractivity contribution < 1.29 is 4.79 Å². The van der Waals surface area contributed by atoms with Gasteiger partial charge in [0, 0.05) is 21.8 Å². The summed E-state index contributed by atoms with van der Waals surface area (Å²) in [5.74, 6) is -0.132. The smallest absolute Gasteiger partial charge is 0.263 e. The zero-order valence-electron chi connectivity index (χ0n) is 14.1. The molecule has 4 rings (SSSR count). The molecule has 0 N–H and O–H groups in total. The first-order chi connectivity index (χ1) is 13.1. The molecular weight excluding hydrogens is 379 g/mol. The van der Waals surface area contributed by atoms with Gasteiger partial charge in [0.05, 0.1) is 17.6 Å². The second-order valence-electron chi connectivity index (χ2n) is 6.01. The van der Waals surface area contributed by atoms with Crippen molar-refractivity contribution >= 4 is 46.6 Å². The molecule has 0 unspecified atom stereocenters. The van der Waals surface area contributed by atoms with E-state index < -0.39 is 0 Å². The molecule has 0 bridgehead atoms. The Balaban J connectivity index is 1.83. The Morgan fingerprint density at radius 2 is 1.78 bits per heavy atom. The van der Waals surface area contributed by atoms with Crippen LogP contribution < -0.4 is 4.90 Å². The number of amides is 1. The molecule has 0 fully saturated rings. The van der Waals surface area contributed by atoms with Crippen molar-refractivity contribution in [3.8, 4) is 0 Å². The molecule has 0 saturated carbocycles. The molecule has 1 aliphatic rings. The Kier molecular flexibility index (Phi) is 4.80. The lowest BCUT2D eigenvalue weighted by molar-refractivity contribution is -0.113. The predicted molar refractivity (Wildman–Crippen MR) is 111 cm³/mol. The van der Waals surface area contributed by atoms with Gasteiger partial charge in [-0.25, -0.2) is 0 Å². The Bertz CT molecular complexity index is 1060. The number of nitrogens with zero attached hydrogens (tertiary/aromatic N) is 2. The van der Waals surface area contributed by atoms with Crippen LogP contribution in [0.2, 0.25) is 10.0 Å². The molecule has 5 heteroatoms. The molecule has 0 saturated heterocycles. The monoisotopic (exact) mass is 392 g/mol. The fourth-order valence-corrected chi connectivity index (χ4v) is 3.43. The van der Waals surface area contributed by atoms with Gasteiger partial charge in [0.25, 0.3) is 5.91 Å². The Labute approximate surface area is 167 Å². The molecule has 3 nitrogen and oxygen atoms in total. The van der Waals surface area contributed by atoms with Crippen LogP contribution in [0.15, 0.2) is 84.7 Å². The van der Waals surface area contributed by atoms with E-state index in [1.54, 1.807) is 41.6 Å². The van der Waals surface area contributed by atoms with E-state index in [1.807, 2.05) is 48.5 Å². The van der Waals surface area contributed by atoms with E-state index in [2.05, 4.69) is 4.98 Å². The molecule has 0 atom stereocenters. The first kappa shape index (κ1) is 17.5. The lowest BCUT2D eigenvalue weighted by Crippen LogP contribution is -2.25. The first-order valence-electron chi connectivity index (χ1n) is 8.32. The fraction of sp³-hybridized carbons (Fsp3) is 0. The molecule has 0 aliphatic carbocycles. The number of aromatic nitrogens is 1. The van der Waals surface area contributed by atoms with Crippen LogP contribution in [0.5, 0.6) is 0 Å². The maximum absolute atomic E-state index is 13.2. The standard InChI is InChI=1S/C22H14Cl2N2O/c23-18-9-8-16(20(24)13-18)11-17-12-21(15-5-2-1-3-6-15)26(22(17)27)19-7-4-10-25-14-19/h1-14H/b17-11+. The summed E-state index contributed by atoms with van der Waals surface area (Å²) >= 11 is 12.2. The van der Waals surface area contributed by atoms with Crippen molar-refractivity contribution in [1.82, 2.24) is 4.98 Å². The third kappa shape index (κ3) is 3.52. The summed E-state index contributed by atoms with van der Waals surface area (Å²) in [6.07, 6.45) is 7.00. The van der Waals surface area contributed by atoms with Crippen LogP contribution in [0.25, 0.3) is 11.8 Å². The molecular formula is C22H14Cl2N2O. The van der Waals surface area contributed by atoms with Gasteiger partial charge in [0.2, 0.25) is 0 Å². The summed E-state index contributed by atoms with van der Waals surface area (Å²) in [7, 11) is 0. The minimum Gasteiger partial charge on any atom is -0.275 e. The SMILES string of the molecule is O=C1/C(=C/c2ccc(Cl)cc2Cl)C=C(c2ccccc2)N1c1cccnc1. The van der Waals surface area contributed by atoms with Gasteiger partial charge in [-0.05, 0) is 47.5 Å². The van der Waals surface area contributed by atoms with Crippen molar-refractivity contribution in [2.45, 2.75) is 0 Å². The lowest BCUT2D eigenvalue weighted by atomic mass is 10.1. The lowest BCUT2D eigenvalue weighted by Gasteiger charge is -2.20.